The molecule has 0 saturated heterocycles. The van der Waals surface area contributed by atoms with Crippen LogP contribution in [-0.4, -0.2) is 5.75 Å². The van der Waals surface area contributed by atoms with E-state index in [0.29, 0.717) is 0 Å². The van der Waals surface area contributed by atoms with Crippen LogP contribution in [-0.2, 0) is 0 Å². The van der Waals surface area contributed by atoms with Crippen molar-refractivity contribution in [1.29, 1.82) is 0 Å². The first-order valence-corrected chi connectivity index (χ1v) is 2.59. The lowest BCUT2D eigenvalue weighted by Gasteiger charge is -1.71. The molecule has 7 heavy (non-hydrogen) atoms. The molecule has 0 spiro atoms. The molecular weight excluding hydrogens is 104 g/mol. The maximum atomic E-state index is 4.82. The van der Waals surface area contributed by atoms with Gasteiger partial charge in [-0.15, -0.1) is 6.42 Å². The first kappa shape index (κ1) is 6.47. The van der Waals surface area contributed by atoms with Crippen molar-refractivity contribution >= 4 is 12.6 Å². The van der Waals surface area contributed by atoms with Crippen LogP contribution < -0.4 is 0 Å². The van der Waals surface area contributed by atoms with Gasteiger partial charge in [-0.2, -0.15) is 12.6 Å². The van der Waals surface area contributed by atoms with Crippen LogP contribution in [0.3, 0.4) is 0 Å². The normalized spacial score (nSPS) is 5.71. The second kappa shape index (κ2) is 5.47. The number of rotatable bonds is 1. The molecule has 0 nitrogen and oxygen atoms in total. The van der Waals surface area contributed by atoms with Crippen LogP contribution in [0.25, 0.3) is 0 Å². The summed E-state index contributed by atoms with van der Waals surface area (Å²) in [5, 5.41) is 0. The van der Waals surface area contributed by atoms with Crippen molar-refractivity contribution in [2.24, 2.45) is 0 Å². The largest absolute Gasteiger partial charge is 0.178 e. The highest BCUT2D eigenvalue weighted by molar-refractivity contribution is 7.80. The fourth-order valence-corrected chi connectivity index (χ4v) is 0.281. The van der Waals surface area contributed by atoms with E-state index in [0.717, 1.165) is 12.2 Å². The zero-order valence-corrected chi connectivity index (χ0v) is 4.83. The first-order chi connectivity index (χ1) is 3.41. The summed E-state index contributed by atoms with van der Waals surface area (Å²) in [7, 11) is 0. The van der Waals surface area contributed by atoms with E-state index in [1.54, 1.807) is 0 Å². The predicted molar refractivity (Wildman–Crippen MR) is 35.1 cm³/mol. The van der Waals surface area contributed by atoms with Gasteiger partial charge in [0.25, 0.3) is 0 Å². The van der Waals surface area contributed by atoms with Gasteiger partial charge in [0.05, 0.1) is 0 Å². The van der Waals surface area contributed by atoms with Gasteiger partial charge in [-0.05, 0) is 11.8 Å². The molecule has 0 aromatic rings. The molecule has 0 aromatic heterocycles. The zero-order chi connectivity index (χ0) is 5.54. The maximum absolute atomic E-state index is 4.82. The van der Waals surface area contributed by atoms with Gasteiger partial charge >= 0.3 is 0 Å². The minimum Gasteiger partial charge on any atom is -0.178 e. The molecule has 0 N–H and O–H groups in total. The molecule has 0 unspecified atom stereocenters. The zero-order valence-electron chi connectivity index (χ0n) is 3.94. The fraction of sp³-hybridized carbons (Fsp3) is 0.333. The van der Waals surface area contributed by atoms with Gasteiger partial charge in [0.2, 0.25) is 0 Å². The highest BCUT2D eigenvalue weighted by Crippen LogP contribution is 1.77. The van der Waals surface area contributed by atoms with Crippen LogP contribution in [0.4, 0.5) is 0 Å². The van der Waals surface area contributed by atoms with Gasteiger partial charge in [0, 0.05) is 12.2 Å². The smallest absolute Gasteiger partial charge is 0.0187 e. The third-order valence-corrected chi connectivity index (χ3v) is 0.621. The molecule has 0 rings (SSSR count). The standard InChI is InChI=1S/C6H6S/c1-2-3-4-5-6-7/h1,7H,5-6H2. The lowest BCUT2D eigenvalue weighted by molar-refractivity contribution is 1.31. The van der Waals surface area contributed by atoms with Crippen LogP contribution in [0.2, 0.25) is 0 Å². The third kappa shape index (κ3) is 5.47. The van der Waals surface area contributed by atoms with Crippen molar-refractivity contribution in [3.8, 4) is 24.2 Å². The summed E-state index contributed by atoms with van der Waals surface area (Å²) in [5.74, 6) is 8.19. The molecule has 0 bridgehead atoms. The second-order valence-corrected chi connectivity index (χ2v) is 1.37. The van der Waals surface area contributed by atoms with Gasteiger partial charge in [0.1, 0.15) is 0 Å². The van der Waals surface area contributed by atoms with E-state index >= 15 is 0 Å². The number of terminal acetylenes is 1. The summed E-state index contributed by atoms with van der Waals surface area (Å²) >= 11 is 3.92. The Morgan fingerprint density at radius 3 is 2.71 bits per heavy atom. The van der Waals surface area contributed by atoms with E-state index in [4.69, 9.17) is 6.42 Å². The summed E-state index contributed by atoms with van der Waals surface area (Å²) < 4.78 is 0. The van der Waals surface area contributed by atoms with E-state index < -0.39 is 0 Å². The molecule has 0 aliphatic rings. The van der Waals surface area contributed by atoms with E-state index in [1.807, 2.05) is 0 Å². The summed E-state index contributed by atoms with van der Waals surface area (Å²) in [6.07, 6.45) is 5.61. The van der Waals surface area contributed by atoms with Gasteiger partial charge < -0.3 is 0 Å². The Balaban J connectivity index is 3.13. The highest BCUT2D eigenvalue weighted by Gasteiger charge is 1.65. The summed E-state index contributed by atoms with van der Waals surface area (Å²) in [6, 6.07) is 0. The van der Waals surface area contributed by atoms with E-state index in [1.165, 1.54) is 0 Å². The summed E-state index contributed by atoms with van der Waals surface area (Å²) in [5.41, 5.74) is 0. The molecule has 0 amide bonds. The third-order valence-electron chi connectivity index (χ3n) is 0.397. The quantitative estimate of drug-likeness (QED) is 0.377. The molecular formula is C6H6S. The number of hydrogen-bond donors (Lipinski definition) is 1. The van der Waals surface area contributed by atoms with Crippen LogP contribution in [0.15, 0.2) is 0 Å². The van der Waals surface area contributed by atoms with Crippen LogP contribution in [0.1, 0.15) is 6.42 Å². The number of thiol groups is 1. The van der Waals surface area contributed by atoms with E-state index in [2.05, 4.69) is 30.4 Å². The average Bonchev–Trinajstić information content (AvgIpc) is 1.69. The minimum atomic E-state index is 0.785. The highest BCUT2D eigenvalue weighted by atomic mass is 32.1. The molecule has 1 heteroatoms. The maximum Gasteiger partial charge on any atom is 0.0187 e. The molecule has 0 aromatic carbocycles. The molecule has 36 valence electrons. The Morgan fingerprint density at radius 1 is 1.57 bits per heavy atom. The van der Waals surface area contributed by atoms with Crippen molar-refractivity contribution in [3.63, 3.8) is 0 Å². The Morgan fingerprint density at radius 2 is 2.29 bits per heavy atom. The minimum absolute atomic E-state index is 0.785. The Labute approximate surface area is 49.7 Å². The first-order valence-electron chi connectivity index (χ1n) is 1.96. The number of hydrogen-bond acceptors (Lipinski definition) is 1. The van der Waals surface area contributed by atoms with Crippen molar-refractivity contribution < 1.29 is 0 Å². The Bertz CT molecular complexity index is 119. The molecule has 0 saturated carbocycles. The molecule has 0 radical (unpaired) electrons. The van der Waals surface area contributed by atoms with Crippen molar-refractivity contribution in [2.75, 3.05) is 5.75 Å². The van der Waals surface area contributed by atoms with Gasteiger partial charge in [-0.1, -0.05) is 5.92 Å². The molecule has 0 atom stereocenters. The SMILES string of the molecule is C#CC#CCCS. The predicted octanol–water partition coefficient (Wildman–Crippen LogP) is 0.943. The lowest BCUT2D eigenvalue weighted by atomic mass is 10.5. The summed E-state index contributed by atoms with van der Waals surface area (Å²) in [6.45, 7) is 0. The topological polar surface area (TPSA) is 0 Å². The van der Waals surface area contributed by atoms with Crippen LogP contribution in [0.5, 0.6) is 0 Å². The van der Waals surface area contributed by atoms with Crippen LogP contribution in [0, 0.1) is 24.2 Å². The van der Waals surface area contributed by atoms with Crippen LogP contribution >= 0.6 is 12.6 Å². The van der Waals surface area contributed by atoms with Gasteiger partial charge in [-0.25, -0.2) is 0 Å². The van der Waals surface area contributed by atoms with Crippen molar-refractivity contribution in [2.45, 2.75) is 6.42 Å². The van der Waals surface area contributed by atoms with Gasteiger partial charge in [-0.3, -0.25) is 0 Å². The second-order valence-electron chi connectivity index (χ2n) is 0.920. The lowest BCUT2D eigenvalue weighted by Crippen LogP contribution is -1.64. The average molecular weight is 110 g/mol. The monoisotopic (exact) mass is 110 g/mol. The van der Waals surface area contributed by atoms with Gasteiger partial charge in [0.15, 0.2) is 0 Å². The molecule has 0 fully saturated rings. The fourth-order valence-electron chi connectivity index (χ4n) is 0.169. The molecule has 0 heterocycles. The van der Waals surface area contributed by atoms with E-state index in [9.17, 15) is 0 Å². The Hall–Kier alpha value is -0.530. The van der Waals surface area contributed by atoms with E-state index in [-0.39, 0.29) is 0 Å². The summed E-state index contributed by atoms with van der Waals surface area (Å²) in [4.78, 5) is 0. The van der Waals surface area contributed by atoms with Crippen molar-refractivity contribution in [3.05, 3.63) is 0 Å². The Kier molecular flexibility index (Phi) is 5.06. The van der Waals surface area contributed by atoms with Crippen molar-refractivity contribution in [1.82, 2.24) is 0 Å². The molecule has 0 aliphatic carbocycles. The molecule has 0 aliphatic heterocycles.